The van der Waals surface area contributed by atoms with E-state index in [2.05, 4.69) is 4.90 Å². The first-order valence-corrected chi connectivity index (χ1v) is 9.64. The number of hydrogen-bond acceptors (Lipinski definition) is 4. The van der Waals surface area contributed by atoms with E-state index in [9.17, 15) is 9.18 Å². The zero-order chi connectivity index (χ0) is 19.8. The number of hydrogen-bond donors (Lipinski definition) is 0. The molecule has 0 spiro atoms. The van der Waals surface area contributed by atoms with Crippen molar-refractivity contribution in [3.8, 4) is 5.75 Å². The maximum absolute atomic E-state index is 14.2. The molecule has 0 aromatic heterocycles. The molecule has 0 radical (unpaired) electrons. The summed E-state index contributed by atoms with van der Waals surface area (Å²) < 4.78 is 24.7. The lowest BCUT2D eigenvalue weighted by atomic mass is 10.1. The monoisotopic (exact) mass is 386 g/mol. The highest BCUT2D eigenvalue weighted by atomic mass is 19.1. The van der Waals surface area contributed by atoms with Gasteiger partial charge in [-0.15, -0.1) is 0 Å². The summed E-state index contributed by atoms with van der Waals surface area (Å²) in [5, 5.41) is 0. The van der Waals surface area contributed by atoms with Gasteiger partial charge in [-0.2, -0.15) is 0 Å². The average Bonchev–Trinajstić information content (AvgIpc) is 2.75. The fourth-order valence-electron chi connectivity index (χ4n) is 3.31. The third-order valence-corrected chi connectivity index (χ3v) is 4.95. The standard InChI is InChI=1S/C22H27FN2O3/c1-27-20-9-7-18(8-10-20)22(26)25(17-19-5-2-3-6-21(19)23)12-4-11-24-13-15-28-16-14-24/h2-3,5-10H,4,11-17H2,1H3. The number of halogens is 1. The van der Waals surface area contributed by atoms with Crippen LogP contribution in [0.5, 0.6) is 5.75 Å². The Bertz CT molecular complexity index is 761. The average molecular weight is 386 g/mol. The maximum Gasteiger partial charge on any atom is 0.254 e. The van der Waals surface area contributed by atoms with Crippen molar-refractivity contribution in [2.45, 2.75) is 13.0 Å². The lowest BCUT2D eigenvalue weighted by Crippen LogP contribution is -2.39. The van der Waals surface area contributed by atoms with Gasteiger partial charge in [-0.05, 0) is 36.8 Å². The highest BCUT2D eigenvalue weighted by Crippen LogP contribution is 2.17. The topological polar surface area (TPSA) is 42.0 Å². The largest absolute Gasteiger partial charge is 0.497 e. The van der Waals surface area contributed by atoms with Gasteiger partial charge in [-0.25, -0.2) is 4.39 Å². The summed E-state index contributed by atoms with van der Waals surface area (Å²) in [6.07, 6.45) is 0.830. The molecule has 28 heavy (non-hydrogen) atoms. The summed E-state index contributed by atoms with van der Waals surface area (Å²) in [6, 6.07) is 13.6. The lowest BCUT2D eigenvalue weighted by molar-refractivity contribution is 0.0355. The van der Waals surface area contributed by atoms with E-state index in [4.69, 9.17) is 9.47 Å². The number of benzene rings is 2. The molecular formula is C22H27FN2O3. The number of ether oxygens (including phenoxy) is 2. The predicted molar refractivity (Wildman–Crippen MR) is 106 cm³/mol. The summed E-state index contributed by atoms with van der Waals surface area (Å²) in [7, 11) is 1.59. The van der Waals surface area contributed by atoms with Crippen LogP contribution in [0.25, 0.3) is 0 Å². The second-order valence-corrected chi connectivity index (χ2v) is 6.85. The van der Waals surface area contributed by atoms with E-state index >= 15 is 0 Å². The maximum atomic E-state index is 14.2. The Morgan fingerprint density at radius 1 is 1.14 bits per heavy atom. The SMILES string of the molecule is COc1ccc(C(=O)N(CCCN2CCOCC2)Cc2ccccc2F)cc1. The minimum absolute atomic E-state index is 0.104. The van der Waals surface area contributed by atoms with Gasteiger partial charge in [0.1, 0.15) is 11.6 Å². The molecule has 6 heteroatoms. The van der Waals surface area contributed by atoms with Crippen LogP contribution >= 0.6 is 0 Å². The number of carbonyl (C=O) groups excluding carboxylic acids is 1. The highest BCUT2D eigenvalue weighted by Gasteiger charge is 2.18. The van der Waals surface area contributed by atoms with Gasteiger partial charge >= 0.3 is 0 Å². The first kappa shape index (κ1) is 20.3. The number of morpholine rings is 1. The molecule has 1 saturated heterocycles. The molecule has 0 N–H and O–H groups in total. The molecule has 0 unspecified atom stereocenters. The highest BCUT2D eigenvalue weighted by molar-refractivity contribution is 5.94. The van der Waals surface area contributed by atoms with Crippen LogP contribution in [-0.2, 0) is 11.3 Å². The number of nitrogens with zero attached hydrogens (tertiary/aromatic N) is 2. The van der Waals surface area contributed by atoms with E-state index in [1.807, 2.05) is 0 Å². The van der Waals surface area contributed by atoms with E-state index < -0.39 is 0 Å². The van der Waals surface area contributed by atoms with Gasteiger partial charge < -0.3 is 14.4 Å². The number of amides is 1. The predicted octanol–water partition coefficient (Wildman–Crippen LogP) is 3.20. The minimum atomic E-state index is -0.289. The van der Waals surface area contributed by atoms with Gasteiger partial charge in [0.15, 0.2) is 0 Å². The molecule has 2 aromatic rings. The molecule has 0 bridgehead atoms. The number of rotatable bonds is 8. The molecule has 1 fully saturated rings. The Balaban J connectivity index is 1.68. The molecule has 0 aliphatic carbocycles. The summed E-state index contributed by atoms with van der Waals surface area (Å²) in [5.41, 5.74) is 1.10. The van der Waals surface area contributed by atoms with E-state index in [-0.39, 0.29) is 18.3 Å². The Morgan fingerprint density at radius 3 is 2.54 bits per heavy atom. The van der Waals surface area contributed by atoms with Crippen molar-refractivity contribution in [3.05, 3.63) is 65.5 Å². The summed E-state index contributed by atoms with van der Waals surface area (Å²) in [4.78, 5) is 17.1. The van der Waals surface area contributed by atoms with Crippen LogP contribution in [0.15, 0.2) is 48.5 Å². The van der Waals surface area contributed by atoms with Crippen molar-refractivity contribution in [2.75, 3.05) is 46.5 Å². The second-order valence-electron chi connectivity index (χ2n) is 6.85. The summed E-state index contributed by atoms with van der Waals surface area (Å²) in [6.45, 7) is 5.05. The zero-order valence-electron chi connectivity index (χ0n) is 16.3. The molecule has 2 aromatic carbocycles. The van der Waals surface area contributed by atoms with E-state index in [0.29, 0.717) is 23.4 Å². The van der Waals surface area contributed by atoms with Crippen molar-refractivity contribution < 1.29 is 18.7 Å². The van der Waals surface area contributed by atoms with E-state index in [1.165, 1.54) is 6.07 Å². The van der Waals surface area contributed by atoms with Gasteiger partial charge in [0.2, 0.25) is 0 Å². The van der Waals surface area contributed by atoms with Gasteiger partial charge in [0, 0.05) is 43.9 Å². The second kappa shape index (κ2) is 10.2. The quantitative estimate of drug-likeness (QED) is 0.699. The van der Waals surface area contributed by atoms with Crippen LogP contribution in [-0.4, -0.2) is 62.2 Å². The van der Waals surface area contributed by atoms with Gasteiger partial charge in [-0.3, -0.25) is 9.69 Å². The van der Waals surface area contributed by atoms with Crippen molar-refractivity contribution in [3.63, 3.8) is 0 Å². The molecule has 0 atom stereocenters. The van der Waals surface area contributed by atoms with E-state index in [1.54, 1.807) is 54.5 Å². The molecule has 3 rings (SSSR count). The molecule has 5 nitrogen and oxygen atoms in total. The van der Waals surface area contributed by atoms with E-state index in [0.717, 1.165) is 39.3 Å². The lowest BCUT2D eigenvalue weighted by Gasteiger charge is -2.28. The van der Waals surface area contributed by atoms with Gasteiger partial charge in [0.05, 0.1) is 20.3 Å². The molecule has 1 aliphatic heterocycles. The molecule has 1 aliphatic rings. The van der Waals surface area contributed by atoms with Crippen LogP contribution in [0.4, 0.5) is 4.39 Å². The summed E-state index contributed by atoms with van der Waals surface area (Å²) >= 11 is 0. The van der Waals surface area contributed by atoms with Crippen LogP contribution < -0.4 is 4.74 Å². The molecule has 150 valence electrons. The summed E-state index contributed by atoms with van der Waals surface area (Å²) in [5.74, 6) is 0.306. The molecule has 1 heterocycles. The van der Waals surface area contributed by atoms with Crippen LogP contribution in [0.3, 0.4) is 0 Å². The molecular weight excluding hydrogens is 359 g/mol. The minimum Gasteiger partial charge on any atom is -0.497 e. The Morgan fingerprint density at radius 2 is 1.86 bits per heavy atom. The third-order valence-electron chi connectivity index (χ3n) is 4.95. The van der Waals surface area contributed by atoms with Gasteiger partial charge in [0.25, 0.3) is 5.91 Å². The van der Waals surface area contributed by atoms with Crippen molar-refractivity contribution in [1.29, 1.82) is 0 Å². The first-order chi connectivity index (χ1) is 13.7. The fraction of sp³-hybridized carbons (Fsp3) is 0.409. The van der Waals surface area contributed by atoms with Crippen molar-refractivity contribution in [2.24, 2.45) is 0 Å². The third kappa shape index (κ3) is 5.53. The number of carbonyl (C=O) groups is 1. The van der Waals surface area contributed by atoms with Crippen LogP contribution in [0.1, 0.15) is 22.3 Å². The normalized spacial score (nSPS) is 14.6. The number of methoxy groups -OCH3 is 1. The Kier molecular flexibility index (Phi) is 7.39. The first-order valence-electron chi connectivity index (χ1n) is 9.64. The fourth-order valence-corrected chi connectivity index (χ4v) is 3.31. The smallest absolute Gasteiger partial charge is 0.254 e. The van der Waals surface area contributed by atoms with Crippen molar-refractivity contribution >= 4 is 5.91 Å². The van der Waals surface area contributed by atoms with Gasteiger partial charge in [-0.1, -0.05) is 18.2 Å². The molecule has 0 saturated carbocycles. The van der Waals surface area contributed by atoms with Crippen LogP contribution in [0.2, 0.25) is 0 Å². The van der Waals surface area contributed by atoms with Crippen LogP contribution in [0, 0.1) is 5.82 Å². The Labute approximate surface area is 165 Å². The van der Waals surface area contributed by atoms with Crippen molar-refractivity contribution in [1.82, 2.24) is 9.80 Å². The Hall–Kier alpha value is -2.44. The zero-order valence-corrected chi connectivity index (χ0v) is 16.3. The molecule has 1 amide bonds.